The summed E-state index contributed by atoms with van der Waals surface area (Å²) >= 11 is 0. The molecule has 1 aromatic carbocycles. The minimum absolute atomic E-state index is 0.0172. The Bertz CT molecular complexity index is 1480. The highest BCUT2D eigenvalue weighted by Gasteiger charge is 2.41. The molecule has 14 heteroatoms. The number of carbonyl (C=O) groups excluding carboxylic acids is 3. The van der Waals surface area contributed by atoms with Crippen molar-refractivity contribution in [3.8, 4) is 6.07 Å². The van der Waals surface area contributed by atoms with Gasteiger partial charge in [-0.1, -0.05) is 0 Å². The van der Waals surface area contributed by atoms with E-state index in [9.17, 15) is 41.6 Å². The number of dihydropyridines is 1. The summed E-state index contributed by atoms with van der Waals surface area (Å²) in [7, 11) is 0. The summed E-state index contributed by atoms with van der Waals surface area (Å²) in [6, 6.07) is 2.76. The molecule has 0 aromatic heterocycles. The molecule has 2 fully saturated rings. The van der Waals surface area contributed by atoms with Gasteiger partial charge in [-0.15, -0.1) is 0 Å². The van der Waals surface area contributed by atoms with Gasteiger partial charge in [0.05, 0.1) is 53.3 Å². The molecule has 5 rings (SSSR count). The van der Waals surface area contributed by atoms with Crippen molar-refractivity contribution in [1.82, 2.24) is 10.2 Å². The van der Waals surface area contributed by atoms with Crippen LogP contribution in [-0.4, -0.2) is 73.8 Å². The molecule has 0 spiro atoms. The summed E-state index contributed by atoms with van der Waals surface area (Å²) < 4.78 is 76.1. The van der Waals surface area contributed by atoms with Gasteiger partial charge in [0.15, 0.2) is 0 Å². The van der Waals surface area contributed by atoms with Gasteiger partial charge in [-0.25, -0.2) is 13.8 Å². The maximum absolute atomic E-state index is 14.2. The number of hydrogen-bond acceptors (Lipinski definition) is 6. The molecule has 3 aliphatic heterocycles. The minimum Gasteiger partial charge on any atom is -0.378 e. The zero-order valence-electron chi connectivity index (χ0n) is 21.3. The fraction of sp³-hybridized carbons (Fsp3) is 0.370. The first-order valence-corrected chi connectivity index (χ1v) is 12.6. The minimum atomic E-state index is -4.90. The summed E-state index contributed by atoms with van der Waals surface area (Å²) in [6.45, 7) is 0.639. The number of anilines is 1. The van der Waals surface area contributed by atoms with Crippen molar-refractivity contribution in [3.63, 3.8) is 0 Å². The van der Waals surface area contributed by atoms with Gasteiger partial charge in [0.1, 0.15) is 11.7 Å². The van der Waals surface area contributed by atoms with Crippen LogP contribution in [0.15, 0.2) is 52.6 Å². The Morgan fingerprint density at radius 2 is 1.85 bits per heavy atom. The van der Waals surface area contributed by atoms with E-state index in [1.807, 2.05) is 0 Å². The molecule has 214 valence electrons. The number of nitrogens with one attached hydrogen (secondary N) is 1. The van der Waals surface area contributed by atoms with Crippen LogP contribution in [0.1, 0.15) is 27.9 Å². The molecule has 0 saturated carbocycles. The smallest absolute Gasteiger partial charge is 0.378 e. The topological polar surface area (TPSA) is 115 Å². The maximum atomic E-state index is 14.2. The number of morpholine rings is 1. The summed E-state index contributed by atoms with van der Waals surface area (Å²) in [4.78, 5) is 44.7. The lowest BCUT2D eigenvalue weighted by molar-refractivity contribution is -0.137. The van der Waals surface area contributed by atoms with Crippen molar-refractivity contribution >= 4 is 29.1 Å². The van der Waals surface area contributed by atoms with E-state index in [0.29, 0.717) is 12.1 Å². The molecule has 0 radical (unpaired) electrons. The third kappa shape index (κ3) is 5.62. The number of aliphatic imine (C=N–C) groups is 1. The standard InChI is InChI=1S/C27H22F5N5O4/c28-15-9-17-18(11-22(38)35-23(17)21(29)10-15)25(39)34-16-1-2-37(13-16)24-19(26(40)36-3-5-41-6-4-36)7-14(12-33)8-20(24)27(30,31)32/h7-11,16-17H,1-6,13H2,(H,34,39)/t16-,17?/m1/s1. The molecule has 2 atom stereocenters. The lowest BCUT2D eigenvalue weighted by atomic mass is 9.86. The van der Waals surface area contributed by atoms with E-state index in [1.54, 1.807) is 6.07 Å². The molecule has 3 heterocycles. The quantitative estimate of drug-likeness (QED) is 0.553. The second-order valence-corrected chi connectivity index (χ2v) is 9.80. The number of amides is 3. The van der Waals surface area contributed by atoms with Crippen LogP contribution in [0.3, 0.4) is 0 Å². The summed E-state index contributed by atoms with van der Waals surface area (Å²) in [5.74, 6) is -5.72. The fourth-order valence-corrected chi connectivity index (χ4v) is 5.28. The Kier molecular flexibility index (Phi) is 7.48. The summed E-state index contributed by atoms with van der Waals surface area (Å²) in [5.41, 5.74) is -2.86. The van der Waals surface area contributed by atoms with Crippen LogP contribution >= 0.6 is 0 Å². The average Bonchev–Trinajstić information content (AvgIpc) is 3.39. The summed E-state index contributed by atoms with van der Waals surface area (Å²) in [5, 5.41) is 12.0. The molecule has 0 bridgehead atoms. The number of nitrogens with zero attached hydrogens (tertiary/aromatic N) is 4. The largest absolute Gasteiger partial charge is 0.418 e. The third-order valence-corrected chi connectivity index (χ3v) is 7.15. The number of hydrogen-bond donors (Lipinski definition) is 1. The first kappa shape index (κ1) is 28.2. The van der Waals surface area contributed by atoms with Gasteiger partial charge in [-0.05, 0) is 24.6 Å². The highest BCUT2D eigenvalue weighted by atomic mass is 19.4. The van der Waals surface area contributed by atoms with Gasteiger partial charge in [-0.3, -0.25) is 14.4 Å². The molecule has 41 heavy (non-hydrogen) atoms. The number of halogens is 5. The number of carbonyl (C=O) groups is 3. The number of fused-ring (bicyclic) bond motifs is 1. The number of alkyl halides is 3. The zero-order chi connectivity index (χ0) is 29.5. The third-order valence-electron chi connectivity index (χ3n) is 7.15. The van der Waals surface area contributed by atoms with Gasteiger partial charge >= 0.3 is 6.18 Å². The number of nitriles is 1. The lowest BCUT2D eigenvalue weighted by Crippen LogP contribution is -2.42. The Balaban J connectivity index is 1.42. The van der Waals surface area contributed by atoms with E-state index in [2.05, 4.69) is 10.3 Å². The lowest BCUT2D eigenvalue weighted by Gasteiger charge is -2.31. The van der Waals surface area contributed by atoms with Crippen LogP contribution in [0.2, 0.25) is 0 Å². The molecule has 1 unspecified atom stereocenters. The van der Waals surface area contributed by atoms with Crippen LogP contribution in [0, 0.1) is 17.2 Å². The van der Waals surface area contributed by atoms with Gasteiger partial charge in [0.25, 0.3) is 11.8 Å². The molecule has 1 N–H and O–H groups in total. The van der Waals surface area contributed by atoms with Crippen LogP contribution in [0.4, 0.5) is 27.6 Å². The second-order valence-electron chi connectivity index (χ2n) is 9.80. The van der Waals surface area contributed by atoms with E-state index >= 15 is 0 Å². The van der Waals surface area contributed by atoms with E-state index in [0.717, 1.165) is 18.2 Å². The predicted molar refractivity (Wildman–Crippen MR) is 134 cm³/mol. The summed E-state index contributed by atoms with van der Waals surface area (Å²) in [6.07, 6.45) is -2.39. The van der Waals surface area contributed by atoms with Crippen LogP contribution in [0.5, 0.6) is 0 Å². The Hall–Kier alpha value is -4.38. The molecule has 2 saturated heterocycles. The van der Waals surface area contributed by atoms with E-state index in [1.165, 1.54) is 9.80 Å². The van der Waals surface area contributed by atoms with Crippen molar-refractivity contribution in [3.05, 3.63) is 64.3 Å². The molecule has 4 aliphatic rings. The monoisotopic (exact) mass is 575 g/mol. The molecular weight excluding hydrogens is 553 g/mol. The van der Waals surface area contributed by atoms with Crippen molar-refractivity contribution in [2.45, 2.75) is 18.6 Å². The second kappa shape index (κ2) is 10.9. The van der Waals surface area contributed by atoms with Gasteiger partial charge in [0.2, 0.25) is 5.91 Å². The van der Waals surface area contributed by atoms with Crippen LogP contribution < -0.4 is 10.2 Å². The SMILES string of the molecule is N#Cc1cc(C(=O)N2CCOCC2)c(N2CC[C@@H](NC(=O)C3=CC(=O)N=C4C(F)=CC(F)=CC34)C2)c(C(F)(F)F)c1. The fourth-order valence-electron chi connectivity index (χ4n) is 5.28. The van der Waals surface area contributed by atoms with Crippen molar-refractivity contribution in [2.24, 2.45) is 10.9 Å². The number of benzene rings is 1. The predicted octanol–water partition coefficient (Wildman–Crippen LogP) is 2.99. The first-order valence-electron chi connectivity index (χ1n) is 12.6. The average molecular weight is 575 g/mol. The first-order chi connectivity index (χ1) is 19.5. The molecule has 1 aliphatic carbocycles. The molecule has 1 aromatic rings. The Morgan fingerprint density at radius 1 is 1.12 bits per heavy atom. The highest BCUT2D eigenvalue weighted by Crippen LogP contribution is 2.41. The van der Waals surface area contributed by atoms with Gasteiger partial charge in [0, 0.05) is 49.9 Å². The number of rotatable bonds is 4. The molecular formula is C27H22F5N5O4. The van der Waals surface area contributed by atoms with E-state index in [4.69, 9.17) is 4.74 Å². The number of allylic oxidation sites excluding steroid dienone is 4. The number of ether oxygens (including phenoxy) is 1. The van der Waals surface area contributed by atoms with E-state index < -0.39 is 64.5 Å². The highest BCUT2D eigenvalue weighted by molar-refractivity contribution is 6.19. The van der Waals surface area contributed by atoms with Crippen molar-refractivity contribution in [2.75, 3.05) is 44.3 Å². The van der Waals surface area contributed by atoms with E-state index in [-0.39, 0.29) is 62.5 Å². The zero-order valence-corrected chi connectivity index (χ0v) is 21.3. The van der Waals surface area contributed by atoms with Crippen LogP contribution in [0.25, 0.3) is 0 Å². The molecule has 9 nitrogen and oxygen atoms in total. The van der Waals surface area contributed by atoms with Crippen LogP contribution in [-0.2, 0) is 20.5 Å². The Morgan fingerprint density at radius 3 is 2.54 bits per heavy atom. The van der Waals surface area contributed by atoms with Gasteiger partial charge < -0.3 is 19.9 Å². The van der Waals surface area contributed by atoms with Gasteiger partial charge in [-0.2, -0.15) is 18.4 Å². The normalized spacial score (nSPS) is 22.7. The van der Waals surface area contributed by atoms with Crippen molar-refractivity contribution < 1.29 is 41.1 Å². The van der Waals surface area contributed by atoms with Crippen molar-refractivity contribution in [1.29, 1.82) is 5.26 Å². The Labute approximate surface area is 230 Å². The molecule has 3 amide bonds. The maximum Gasteiger partial charge on any atom is 0.418 e.